The predicted octanol–water partition coefficient (Wildman–Crippen LogP) is -0.0385. The van der Waals surface area contributed by atoms with Crippen LogP contribution in [0.15, 0.2) is 0 Å². The van der Waals surface area contributed by atoms with Crippen molar-refractivity contribution in [2.45, 2.75) is 3.45 Å². The van der Waals surface area contributed by atoms with Crippen LogP contribution in [0.1, 0.15) is 0 Å². The van der Waals surface area contributed by atoms with E-state index in [1.165, 1.54) is 0 Å². The molecule has 0 saturated carbocycles. The molecule has 30 valence electrons. The van der Waals surface area contributed by atoms with Gasteiger partial charge in [0.05, 0.1) is 0 Å². The molecular weight excluding hydrogens is 532 g/mol. The Morgan fingerprint density at radius 2 is 2.33 bits per heavy atom. The number of hydrogen-bond donors (Lipinski definition) is 0. The maximum absolute atomic E-state index is 10.0. The van der Waals surface area contributed by atoms with Crippen molar-refractivity contribution in [3.8, 4) is 0 Å². The van der Waals surface area contributed by atoms with Gasteiger partial charge in [-0.05, 0) is 0 Å². The van der Waals surface area contributed by atoms with Crippen molar-refractivity contribution >= 4 is 5.97 Å². The first-order valence-electron chi connectivity index (χ1n) is 1.32. The Bertz CT molecular complexity index is 47.5. The predicted molar refractivity (Wildman–Crippen MR) is 10.9 cm³/mol. The van der Waals surface area contributed by atoms with Gasteiger partial charge in [0.1, 0.15) is 0 Å². The van der Waals surface area contributed by atoms with Crippen LogP contribution in [0.3, 0.4) is 0 Å². The summed E-state index contributed by atoms with van der Waals surface area (Å²) in [4.78, 5) is 10.0. The van der Waals surface area contributed by atoms with Crippen molar-refractivity contribution in [3.63, 3.8) is 0 Å². The fraction of sp³-hybridized carbons (Fsp3) is 0.500. The molecule has 0 saturated heterocycles. The van der Waals surface area contributed by atoms with E-state index in [1.807, 2.05) is 0 Å². The third kappa shape index (κ3) is 3.75. The minimum atomic E-state index is -0.00775. The van der Waals surface area contributed by atoms with Crippen molar-refractivity contribution in [2.75, 3.05) is 0 Å². The van der Waals surface area contributed by atoms with Gasteiger partial charge in [-0.25, -0.2) is 0 Å². The van der Waals surface area contributed by atoms with E-state index in [4.69, 9.17) is 0 Å². The zero-order chi connectivity index (χ0) is 4.99. The summed E-state index contributed by atoms with van der Waals surface area (Å²) in [5.74, 6) is -0.00775. The number of carbonyl (C=O) groups excluding carboxylic acids is 1. The van der Waals surface area contributed by atoms with E-state index in [0.717, 1.165) is 29.4 Å². The monoisotopic (exact) mass is 534 g/mol. The van der Waals surface area contributed by atoms with Crippen LogP contribution in [-0.2, 0) is 7.04 Å². The number of hydrogen-bond acceptors (Lipinski definition) is 2. The van der Waals surface area contributed by atoms with Crippen molar-refractivity contribution < 1.29 is 66.4 Å². The van der Waals surface area contributed by atoms with Gasteiger partial charge in [-0.15, -0.1) is 0 Å². The third-order valence-electron chi connectivity index (χ3n) is 0.258. The summed E-state index contributed by atoms with van der Waals surface area (Å²) in [6, 6.07) is 0. The summed E-state index contributed by atoms with van der Waals surface area (Å²) in [6.45, 7) is 0. The first kappa shape index (κ1) is 7.57. The molecular formula is C2H2O2U2. The molecule has 0 unspecified atom stereocenters. The molecule has 0 heterocycles. The van der Waals surface area contributed by atoms with Crippen LogP contribution in [0.4, 0.5) is 0 Å². The zero-order valence-corrected chi connectivity index (χ0v) is 11.4. The van der Waals surface area contributed by atoms with Gasteiger partial charge in [-0.2, -0.15) is 0 Å². The molecule has 0 N–H and O–H groups in total. The summed E-state index contributed by atoms with van der Waals surface area (Å²) < 4.78 is 5.15. The molecule has 0 radical (unpaired) electrons. The summed E-state index contributed by atoms with van der Waals surface area (Å²) in [7, 11) is 0. The summed E-state index contributed by atoms with van der Waals surface area (Å²) in [6.07, 6.45) is 0. The first-order valence-corrected chi connectivity index (χ1v) is 5.96. The topological polar surface area (TPSA) is 26.3 Å². The fourth-order valence-electron chi connectivity index (χ4n) is 0.0361. The Labute approximate surface area is 74.6 Å². The fourth-order valence-corrected chi connectivity index (χ4v) is 3.14. The molecule has 0 aliphatic heterocycles. The van der Waals surface area contributed by atoms with Crippen LogP contribution in [0, 0.1) is 59.3 Å². The van der Waals surface area contributed by atoms with Crippen LogP contribution < -0.4 is 0 Å². The quantitative estimate of drug-likeness (QED) is 0.473. The maximum atomic E-state index is 10.0. The standard InChI is InChI=1S/C2H3O2.2U/c1-2(3)4;;/h1H2,(H,3,4);;/q;;+1/p-1. The minimum absolute atomic E-state index is 0.00775. The molecule has 0 aromatic carbocycles. The Morgan fingerprint density at radius 3 is 2.33 bits per heavy atom. The second-order valence-corrected chi connectivity index (χ2v) is 2.97. The molecule has 0 aliphatic carbocycles. The van der Waals surface area contributed by atoms with Crippen molar-refractivity contribution in [3.05, 3.63) is 0 Å². The molecule has 0 rings (SSSR count). The second-order valence-electron chi connectivity index (χ2n) is 0.651. The third-order valence-corrected chi connectivity index (χ3v) is 2.41. The van der Waals surface area contributed by atoms with Gasteiger partial charge in [-0.3, -0.25) is 0 Å². The van der Waals surface area contributed by atoms with Gasteiger partial charge in [0, 0.05) is 0 Å². The van der Waals surface area contributed by atoms with E-state index in [9.17, 15) is 4.79 Å². The molecule has 0 bridgehead atoms. The summed E-state index contributed by atoms with van der Waals surface area (Å²) >= 11 is 1.13. The van der Waals surface area contributed by atoms with Crippen LogP contribution in [0.2, 0.25) is 3.45 Å². The van der Waals surface area contributed by atoms with Crippen LogP contribution >= 0.6 is 0 Å². The Morgan fingerprint density at radius 1 is 1.83 bits per heavy atom. The normalized spacial score (nSPS) is 8.00. The summed E-state index contributed by atoms with van der Waals surface area (Å²) in [5, 5.41) is 0. The van der Waals surface area contributed by atoms with Gasteiger partial charge in [0.2, 0.25) is 0 Å². The van der Waals surface area contributed by atoms with E-state index >= 15 is 0 Å². The van der Waals surface area contributed by atoms with E-state index in [-0.39, 0.29) is 5.97 Å². The molecule has 0 atom stereocenters. The second kappa shape index (κ2) is 4.73. The molecule has 4 heteroatoms. The Kier molecular flexibility index (Phi) is 5.97. The van der Waals surface area contributed by atoms with E-state index in [0.29, 0.717) is 33.4 Å². The number of rotatable bonds is 1. The van der Waals surface area contributed by atoms with Crippen LogP contribution in [0.25, 0.3) is 0 Å². The first-order chi connectivity index (χ1) is 2.81. The molecule has 6 heavy (non-hydrogen) atoms. The molecule has 0 fully saturated rings. The molecule has 0 spiro atoms. The van der Waals surface area contributed by atoms with Gasteiger partial charge in [0.25, 0.3) is 0 Å². The SMILES string of the molecule is O=C([CH2][U])[O][U]. The average Bonchev–Trinajstić information content (AvgIpc) is 1.65. The molecule has 0 aliphatic rings. The van der Waals surface area contributed by atoms with Gasteiger partial charge < -0.3 is 0 Å². The zero-order valence-electron chi connectivity index (χ0n) is 3.02. The number of carbonyl (C=O) groups is 1. The molecule has 0 aromatic rings. The molecule has 2 nitrogen and oxygen atoms in total. The Balaban J connectivity index is 2.99. The van der Waals surface area contributed by atoms with E-state index in [2.05, 4.69) is 2.24 Å². The van der Waals surface area contributed by atoms with Gasteiger partial charge in [0.15, 0.2) is 0 Å². The summed E-state index contributed by atoms with van der Waals surface area (Å²) in [5.41, 5.74) is 0. The van der Waals surface area contributed by atoms with Gasteiger partial charge >= 0.3 is 75.8 Å². The van der Waals surface area contributed by atoms with Crippen molar-refractivity contribution in [1.29, 1.82) is 0 Å². The van der Waals surface area contributed by atoms with Crippen molar-refractivity contribution in [2.24, 2.45) is 0 Å². The van der Waals surface area contributed by atoms with E-state index < -0.39 is 0 Å². The van der Waals surface area contributed by atoms with E-state index in [1.54, 1.807) is 0 Å². The Hall–Kier alpha value is 1.57. The molecule has 0 amide bonds. The van der Waals surface area contributed by atoms with Crippen molar-refractivity contribution in [1.82, 2.24) is 0 Å². The average molecular weight is 534 g/mol. The van der Waals surface area contributed by atoms with Crippen LogP contribution in [0.5, 0.6) is 0 Å². The van der Waals surface area contributed by atoms with Gasteiger partial charge in [-0.1, -0.05) is 0 Å². The molecule has 0 aromatic heterocycles. The van der Waals surface area contributed by atoms with Crippen LogP contribution in [-0.4, -0.2) is 5.97 Å².